The van der Waals surface area contributed by atoms with Crippen LogP contribution in [0.25, 0.3) is 22.4 Å². The molecule has 5 nitrogen and oxygen atoms in total. The summed E-state index contributed by atoms with van der Waals surface area (Å²) in [7, 11) is 0. The molecule has 4 heterocycles. The summed E-state index contributed by atoms with van der Waals surface area (Å²) in [6.07, 6.45) is 7.81. The Morgan fingerprint density at radius 1 is 1.04 bits per heavy atom. The number of nitrogens with one attached hydrogen (secondary N) is 1. The van der Waals surface area contributed by atoms with Crippen molar-refractivity contribution in [3.8, 4) is 0 Å². The largest absolute Gasteiger partial charge is 0.361 e. The number of benzene rings is 1. The molecular weight excluding hydrogens is 334 g/mol. The van der Waals surface area contributed by atoms with Gasteiger partial charge in [0.1, 0.15) is 6.17 Å². The number of aromatic nitrogens is 3. The van der Waals surface area contributed by atoms with Crippen LogP contribution in [0, 0.1) is 12.8 Å². The van der Waals surface area contributed by atoms with Gasteiger partial charge in [0.15, 0.2) is 0 Å². The van der Waals surface area contributed by atoms with Crippen LogP contribution < -0.4 is 5.32 Å². The molecule has 0 radical (unpaired) electrons. The van der Waals surface area contributed by atoms with E-state index in [-0.39, 0.29) is 0 Å². The molecule has 2 bridgehead atoms. The van der Waals surface area contributed by atoms with Crippen LogP contribution in [0.3, 0.4) is 0 Å². The second kappa shape index (κ2) is 5.52. The van der Waals surface area contributed by atoms with Crippen molar-refractivity contribution in [2.45, 2.75) is 38.4 Å². The van der Waals surface area contributed by atoms with Crippen molar-refractivity contribution in [1.29, 1.82) is 0 Å². The van der Waals surface area contributed by atoms with Gasteiger partial charge in [0.25, 0.3) is 0 Å². The fraction of sp³-hybridized carbons (Fsp3) is 0.318. The lowest BCUT2D eigenvalue weighted by Gasteiger charge is -2.33. The molecule has 3 aromatic rings. The lowest BCUT2D eigenvalue weighted by atomic mass is 10.0. The van der Waals surface area contributed by atoms with Crippen LogP contribution in [0.5, 0.6) is 0 Å². The molecule has 1 saturated carbocycles. The summed E-state index contributed by atoms with van der Waals surface area (Å²) >= 11 is 0. The van der Waals surface area contributed by atoms with Crippen LogP contribution >= 0.6 is 0 Å². The van der Waals surface area contributed by atoms with Crippen LogP contribution in [-0.2, 0) is 0 Å². The number of hydrogen-bond donors (Lipinski definition) is 1. The maximum Gasteiger partial charge on any atom is 0.102 e. The molecule has 1 aromatic carbocycles. The van der Waals surface area contributed by atoms with Crippen molar-refractivity contribution in [3.05, 3.63) is 65.7 Å². The Bertz CT molecular complexity index is 1090. The third-order valence-corrected chi connectivity index (χ3v) is 6.26. The first-order valence-electron chi connectivity index (χ1n) is 9.72. The molecular formula is C22H21N5. The summed E-state index contributed by atoms with van der Waals surface area (Å²) in [6, 6.07) is 13.3. The number of nitrogens with zero attached hydrogens (tertiary/aromatic N) is 4. The number of hydrogen-bond acceptors (Lipinski definition) is 5. The van der Waals surface area contributed by atoms with Gasteiger partial charge in [-0.25, -0.2) is 0 Å². The predicted octanol–water partition coefficient (Wildman–Crippen LogP) is 3.57. The fourth-order valence-corrected chi connectivity index (χ4v) is 5.12. The lowest BCUT2D eigenvalue weighted by molar-refractivity contribution is 0.218. The minimum atomic E-state index is 0.397. The summed E-state index contributed by atoms with van der Waals surface area (Å²) in [6.45, 7) is 2.05. The summed E-state index contributed by atoms with van der Waals surface area (Å²) in [5.74, 6) is 0.729. The average Bonchev–Trinajstić information content (AvgIpc) is 3.40. The Morgan fingerprint density at radius 2 is 1.93 bits per heavy atom. The van der Waals surface area contributed by atoms with Gasteiger partial charge in [-0.1, -0.05) is 12.1 Å². The monoisotopic (exact) mass is 355 g/mol. The number of rotatable bonds is 2. The van der Waals surface area contributed by atoms with E-state index in [2.05, 4.69) is 63.5 Å². The van der Waals surface area contributed by atoms with Crippen molar-refractivity contribution < 1.29 is 0 Å². The van der Waals surface area contributed by atoms with Crippen LogP contribution in [0.15, 0.2) is 48.8 Å². The zero-order valence-corrected chi connectivity index (χ0v) is 15.3. The zero-order chi connectivity index (χ0) is 18.0. The summed E-state index contributed by atoms with van der Waals surface area (Å²) < 4.78 is 0. The van der Waals surface area contributed by atoms with Crippen LogP contribution in [-0.4, -0.2) is 32.1 Å². The Kier molecular flexibility index (Phi) is 3.10. The van der Waals surface area contributed by atoms with Gasteiger partial charge in [-0.15, -0.1) is 0 Å². The molecule has 27 heavy (non-hydrogen) atoms. The second-order valence-corrected chi connectivity index (χ2v) is 7.87. The highest BCUT2D eigenvalue weighted by Crippen LogP contribution is 2.50. The van der Waals surface area contributed by atoms with Crippen molar-refractivity contribution in [2.75, 3.05) is 0 Å². The molecule has 3 atom stereocenters. The van der Waals surface area contributed by atoms with Crippen LogP contribution in [0.2, 0.25) is 0 Å². The van der Waals surface area contributed by atoms with E-state index in [4.69, 9.17) is 4.98 Å². The molecule has 6 rings (SSSR count). The molecule has 0 spiro atoms. The van der Waals surface area contributed by atoms with Gasteiger partial charge < -0.3 is 10.2 Å². The van der Waals surface area contributed by atoms with E-state index in [0.717, 1.165) is 34.0 Å². The Balaban J connectivity index is 1.56. The fourth-order valence-electron chi connectivity index (χ4n) is 5.12. The standard InChI is InChI=1S/C22H21N5/c1-13-3-2-4-18(25-13)20-21(27-16-7-5-15(11-16)22(27)26-20)14-6-8-17-19(12-14)24-10-9-23-17/h2-4,6,8-10,12,15-16,22,26H,5,7,11H2,1H3. The third-order valence-electron chi connectivity index (χ3n) is 6.26. The van der Waals surface area contributed by atoms with E-state index in [9.17, 15) is 0 Å². The molecule has 0 amide bonds. The SMILES string of the molecule is Cc1cccc(C2=C(c3ccc4nccnc4c3)N3C4CCC(C4)C3N2)n1. The highest BCUT2D eigenvalue weighted by atomic mass is 15.4. The van der Waals surface area contributed by atoms with Gasteiger partial charge in [-0.2, -0.15) is 0 Å². The van der Waals surface area contributed by atoms with E-state index in [1.54, 1.807) is 12.4 Å². The Morgan fingerprint density at radius 3 is 2.81 bits per heavy atom. The second-order valence-electron chi connectivity index (χ2n) is 7.87. The molecule has 1 aliphatic carbocycles. The van der Waals surface area contributed by atoms with Gasteiger partial charge >= 0.3 is 0 Å². The van der Waals surface area contributed by atoms with E-state index in [1.165, 1.54) is 30.5 Å². The first-order chi connectivity index (χ1) is 13.3. The lowest BCUT2D eigenvalue weighted by Crippen LogP contribution is -2.41. The molecule has 3 unspecified atom stereocenters. The van der Waals surface area contributed by atoms with Gasteiger partial charge in [0.2, 0.25) is 0 Å². The maximum atomic E-state index is 4.82. The van der Waals surface area contributed by atoms with Gasteiger partial charge in [-0.3, -0.25) is 15.0 Å². The molecule has 134 valence electrons. The molecule has 2 aliphatic heterocycles. The number of pyridine rings is 1. The average molecular weight is 355 g/mol. The molecule has 2 aromatic heterocycles. The van der Waals surface area contributed by atoms with E-state index >= 15 is 0 Å². The summed E-state index contributed by atoms with van der Waals surface area (Å²) in [5, 5.41) is 3.83. The predicted molar refractivity (Wildman–Crippen MR) is 105 cm³/mol. The number of fused-ring (bicyclic) bond motifs is 6. The van der Waals surface area contributed by atoms with Crippen molar-refractivity contribution in [3.63, 3.8) is 0 Å². The smallest absolute Gasteiger partial charge is 0.102 e. The molecule has 1 N–H and O–H groups in total. The molecule has 3 aliphatic rings. The van der Waals surface area contributed by atoms with Crippen molar-refractivity contribution in [1.82, 2.24) is 25.2 Å². The molecule has 1 saturated heterocycles. The number of aryl methyl sites for hydroxylation is 1. The summed E-state index contributed by atoms with van der Waals surface area (Å²) in [5.41, 5.74) is 7.57. The Hall–Kier alpha value is -2.95. The van der Waals surface area contributed by atoms with E-state index in [0.29, 0.717) is 12.2 Å². The van der Waals surface area contributed by atoms with Crippen LogP contribution in [0.4, 0.5) is 0 Å². The van der Waals surface area contributed by atoms with E-state index < -0.39 is 0 Å². The van der Waals surface area contributed by atoms with Crippen LogP contribution in [0.1, 0.15) is 36.2 Å². The van der Waals surface area contributed by atoms with Gasteiger partial charge in [0.05, 0.1) is 28.1 Å². The highest BCUT2D eigenvalue weighted by Gasteiger charge is 2.51. The first-order valence-corrected chi connectivity index (χ1v) is 9.72. The number of piperidine rings is 1. The normalized spacial score (nSPS) is 26.0. The third kappa shape index (κ3) is 2.21. The molecule has 2 fully saturated rings. The quantitative estimate of drug-likeness (QED) is 0.762. The summed E-state index contributed by atoms with van der Waals surface area (Å²) in [4.78, 5) is 16.4. The minimum Gasteiger partial charge on any atom is -0.361 e. The topological polar surface area (TPSA) is 53.9 Å². The highest BCUT2D eigenvalue weighted by molar-refractivity contribution is 5.93. The van der Waals surface area contributed by atoms with Gasteiger partial charge in [-0.05, 0) is 56.4 Å². The maximum absolute atomic E-state index is 4.82. The van der Waals surface area contributed by atoms with E-state index in [1.807, 2.05) is 0 Å². The Labute approximate surface area is 158 Å². The van der Waals surface area contributed by atoms with Crippen molar-refractivity contribution in [2.24, 2.45) is 5.92 Å². The zero-order valence-electron chi connectivity index (χ0n) is 15.3. The van der Waals surface area contributed by atoms with Crippen molar-refractivity contribution >= 4 is 22.4 Å². The first kappa shape index (κ1) is 15.1. The molecule has 5 heteroatoms. The van der Waals surface area contributed by atoms with Gasteiger partial charge in [0, 0.05) is 29.7 Å². The minimum absolute atomic E-state index is 0.397.